The molecule has 0 amide bonds. The highest BCUT2D eigenvalue weighted by molar-refractivity contribution is 8.54. The van der Waals surface area contributed by atoms with E-state index in [2.05, 4.69) is 5.10 Å². The average molecular weight is 301 g/mol. The Labute approximate surface area is 105 Å². The summed E-state index contributed by atoms with van der Waals surface area (Å²) in [5.74, 6) is 1.14. The van der Waals surface area contributed by atoms with Crippen molar-refractivity contribution in [2.75, 3.05) is 11.5 Å². The zero-order valence-electron chi connectivity index (χ0n) is 8.49. The first-order valence-corrected chi connectivity index (χ1v) is 9.38. The standard InChI is InChI=1S/C6H12N3O3PS3/c1-2-14-6-8-9(5(7)16-6)3-4-15-13(10,11)12/h7H,2-4H2,1H3,(H2,10,11,12). The van der Waals surface area contributed by atoms with E-state index in [1.807, 2.05) is 6.92 Å². The van der Waals surface area contributed by atoms with Crippen molar-refractivity contribution in [2.45, 2.75) is 17.8 Å². The molecule has 6 nitrogen and oxygen atoms in total. The first-order chi connectivity index (χ1) is 7.42. The van der Waals surface area contributed by atoms with Crippen molar-refractivity contribution in [3.8, 4) is 0 Å². The van der Waals surface area contributed by atoms with Crippen LogP contribution in [0.25, 0.3) is 0 Å². The zero-order valence-corrected chi connectivity index (χ0v) is 11.8. The lowest BCUT2D eigenvalue weighted by Gasteiger charge is -2.02. The molecule has 92 valence electrons. The quantitative estimate of drug-likeness (QED) is 0.542. The molecule has 0 saturated heterocycles. The summed E-state index contributed by atoms with van der Waals surface area (Å²) in [4.78, 5) is 17.6. The lowest BCUT2D eigenvalue weighted by Crippen LogP contribution is -2.16. The normalized spacial score (nSPS) is 11.9. The smallest absolute Gasteiger partial charge is 0.317 e. The first-order valence-electron chi connectivity index (χ1n) is 4.38. The summed E-state index contributed by atoms with van der Waals surface area (Å²) >= 11 is 3.41. The molecule has 0 atom stereocenters. The second-order valence-corrected chi connectivity index (χ2v) is 8.99. The van der Waals surface area contributed by atoms with Crippen LogP contribution < -0.4 is 4.80 Å². The van der Waals surface area contributed by atoms with Gasteiger partial charge >= 0.3 is 6.80 Å². The molecule has 3 N–H and O–H groups in total. The van der Waals surface area contributed by atoms with Gasteiger partial charge in [-0.2, -0.15) is 5.10 Å². The van der Waals surface area contributed by atoms with Crippen molar-refractivity contribution < 1.29 is 14.4 Å². The third-order valence-corrected chi connectivity index (χ3v) is 5.59. The summed E-state index contributed by atoms with van der Waals surface area (Å²) in [5, 5.41) is 11.8. The van der Waals surface area contributed by atoms with Gasteiger partial charge in [-0.25, -0.2) is 9.25 Å². The Hall–Kier alpha value is 0.210. The second kappa shape index (κ2) is 6.23. The molecule has 10 heteroatoms. The Morgan fingerprint density at radius 2 is 2.31 bits per heavy atom. The first kappa shape index (κ1) is 14.3. The molecule has 0 aliphatic carbocycles. The Kier molecular flexibility index (Phi) is 5.55. The number of aryl methyl sites for hydroxylation is 1. The van der Waals surface area contributed by atoms with Crippen molar-refractivity contribution in [2.24, 2.45) is 0 Å². The van der Waals surface area contributed by atoms with Crippen molar-refractivity contribution in [1.82, 2.24) is 9.78 Å². The summed E-state index contributed by atoms with van der Waals surface area (Å²) in [6, 6.07) is 0. The van der Waals surface area contributed by atoms with Gasteiger partial charge in [0.1, 0.15) is 0 Å². The number of nitrogens with zero attached hydrogens (tertiary/aromatic N) is 2. The van der Waals surface area contributed by atoms with Crippen LogP contribution >= 0.6 is 41.3 Å². The Morgan fingerprint density at radius 1 is 1.62 bits per heavy atom. The van der Waals surface area contributed by atoms with Crippen LogP contribution in [0.15, 0.2) is 4.34 Å². The van der Waals surface area contributed by atoms with Crippen LogP contribution in [-0.4, -0.2) is 31.1 Å². The fraction of sp³-hybridized carbons (Fsp3) is 0.667. The molecule has 0 saturated carbocycles. The highest BCUT2D eigenvalue weighted by Gasteiger charge is 2.13. The van der Waals surface area contributed by atoms with E-state index in [9.17, 15) is 4.57 Å². The summed E-state index contributed by atoms with van der Waals surface area (Å²) in [6.45, 7) is -1.66. The van der Waals surface area contributed by atoms with Gasteiger partial charge in [-0.1, -0.05) is 30.0 Å². The van der Waals surface area contributed by atoms with Crippen LogP contribution in [0.4, 0.5) is 0 Å². The van der Waals surface area contributed by atoms with Crippen LogP contribution in [0.3, 0.4) is 0 Å². The van der Waals surface area contributed by atoms with Crippen LogP contribution in [0, 0.1) is 5.41 Å². The summed E-state index contributed by atoms with van der Waals surface area (Å²) in [7, 11) is 0. The maximum Gasteiger partial charge on any atom is 0.384 e. The van der Waals surface area contributed by atoms with Gasteiger partial charge in [0.15, 0.2) is 4.34 Å². The maximum atomic E-state index is 10.6. The third-order valence-electron chi connectivity index (χ3n) is 1.45. The third kappa shape index (κ3) is 5.03. The molecule has 1 aromatic heterocycles. The minimum Gasteiger partial charge on any atom is -0.317 e. The van der Waals surface area contributed by atoms with Crippen molar-refractivity contribution in [1.29, 1.82) is 5.41 Å². The molecular weight excluding hydrogens is 289 g/mol. The highest BCUT2D eigenvalue weighted by Crippen LogP contribution is 2.49. The summed E-state index contributed by atoms with van der Waals surface area (Å²) < 4.78 is 12.9. The van der Waals surface area contributed by atoms with Crippen LogP contribution in [0.1, 0.15) is 6.92 Å². The van der Waals surface area contributed by atoms with E-state index in [-0.39, 0.29) is 5.75 Å². The number of aromatic nitrogens is 2. The number of thioether (sulfide) groups is 1. The van der Waals surface area contributed by atoms with Crippen molar-refractivity contribution in [3.63, 3.8) is 0 Å². The summed E-state index contributed by atoms with van der Waals surface area (Å²) in [5.41, 5.74) is 0. The van der Waals surface area contributed by atoms with Gasteiger partial charge in [0.25, 0.3) is 0 Å². The van der Waals surface area contributed by atoms with E-state index >= 15 is 0 Å². The van der Waals surface area contributed by atoms with Crippen LogP contribution in [-0.2, 0) is 11.1 Å². The molecule has 1 rings (SSSR count). The average Bonchev–Trinajstić information content (AvgIpc) is 2.45. The topological polar surface area (TPSA) is 99.2 Å². The molecule has 0 aliphatic heterocycles. The van der Waals surface area contributed by atoms with E-state index in [1.54, 1.807) is 11.8 Å². The Balaban J connectivity index is 2.54. The van der Waals surface area contributed by atoms with Crippen LogP contribution in [0.2, 0.25) is 0 Å². The number of hydrogen-bond acceptors (Lipinski definition) is 6. The molecule has 1 aromatic rings. The molecule has 0 spiro atoms. The monoisotopic (exact) mass is 301 g/mol. The fourth-order valence-corrected chi connectivity index (χ4v) is 4.10. The minimum absolute atomic E-state index is 0.251. The van der Waals surface area contributed by atoms with Gasteiger partial charge in [0.2, 0.25) is 4.80 Å². The zero-order chi connectivity index (χ0) is 12.2. The van der Waals surface area contributed by atoms with E-state index in [0.29, 0.717) is 22.7 Å². The highest BCUT2D eigenvalue weighted by atomic mass is 32.7. The van der Waals surface area contributed by atoms with E-state index in [0.717, 1.165) is 10.1 Å². The molecule has 0 aromatic carbocycles. The molecule has 0 bridgehead atoms. The van der Waals surface area contributed by atoms with Gasteiger partial charge < -0.3 is 9.79 Å². The fourth-order valence-electron chi connectivity index (χ4n) is 0.879. The predicted molar refractivity (Wildman–Crippen MR) is 66.9 cm³/mol. The largest absolute Gasteiger partial charge is 0.384 e. The Bertz CT molecular complexity index is 440. The molecule has 1 heterocycles. The SMILES string of the molecule is CCSc1nn(CCSP(=O)(O)O)c(=N)s1. The number of hydrogen-bond donors (Lipinski definition) is 3. The number of rotatable bonds is 6. The lowest BCUT2D eigenvalue weighted by atomic mass is 10.8. The molecule has 16 heavy (non-hydrogen) atoms. The van der Waals surface area contributed by atoms with E-state index < -0.39 is 6.80 Å². The molecule has 0 unspecified atom stereocenters. The van der Waals surface area contributed by atoms with Crippen molar-refractivity contribution >= 4 is 41.3 Å². The van der Waals surface area contributed by atoms with Gasteiger partial charge in [0.05, 0.1) is 6.54 Å². The molecule has 0 aliphatic rings. The van der Waals surface area contributed by atoms with Gasteiger partial charge in [-0.3, -0.25) is 5.41 Å². The predicted octanol–water partition coefficient (Wildman–Crippen LogP) is 1.36. The van der Waals surface area contributed by atoms with Gasteiger partial charge in [-0.15, -0.1) is 0 Å². The lowest BCUT2D eigenvalue weighted by molar-refractivity contribution is 0.397. The van der Waals surface area contributed by atoms with E-state index in [1.165, 1.54) is 16.0 Å². The van der Waals surface area contributed by atoms with Gasteiger partial charge in [0, 0.05) is 5.75 Å². The molecular formula is C6H12N3O3PS3. The van der Waals surface area contributed by atoms with Crippen LogP contribution in [0.5, 0.6) is 0 Å². The Morgan fingerprint density at radius 3 is 2.88 bits per heavy atom. The van der Waals surface area contributed by atoms with Gasteiger partial charge in [-0.05, 0) is 17.1 Å². The van der Waals surface area contributed by atoms with Crippen molar-refractivity contribution in [3.05, 3.63) is 4.80 Å². The summed E-state index contributed by atoms with van der Waals surface area (Å²) in [6.07, 6.45) is 0. The molecule has 0 fully saturated rings. The van der Waals surface area contributed by atoms with E-state index in [4.69, 9.17) is 15.2 Å². The maximum absolute atomic E-state index is 10.6. The second-order valence-electron chi connectivity index (χ2n) is 2.65. The minimum atomic E-state index is -4.01. The molecule has 0 radical (unpaired) electrons. The number of nitrogens with one attached hydrogen (secondary N) is 1.